The lowest BCUT2D eigenvalue weighted by molar-refractivity contribution is -0.132. The number of rotatable bonds is 5. The zero-order chi connectivity index (χ0) is 18.5. The Bertz CT molecular complexity index is 792. The molecule has 2 amide bonds. The third-order valence-electron chi connectivity index (χ3n) is 4.49. The maximum atomic E-state index is 13.8. The fourth-order valence-corrected chi connectivity index (χ4v) is 3.42. The second kappa shape index (κ2) is 8.62. The standard InChI is InChI=1S/C20H20FIN2O2/c21-16-13-15(8-9-17(16)22)19(25)23-18(12-14-6-2-1-3-7-14)20(26)24-10-4-5-11-24/h1-3,6-9,13,18H,4-5,10-12H2,(H,23,25). The number of nitrogens with zero attached hydrogens (tertiary/aromatic N) is 1. The Kier molecular flexibility index (Phi) is 6.24. The molecule has 1 fully saturated rings. The van der Waals surface area contributed by atoms with Crippen molar-refractivity contribution in [3.8, 4) is 0 Å². The molecule has 1 saturated heterocycles. The van der Waals surface area contributed by atoms with Gasteiger partial charge in [0.2, 0.25) is 5.91 Å². The summed E-state index contributed by atoms with van der Waals surface area (Å²) >= 11 is 1.87. The van der Waals surface area contributed by atoms with Gasteiger partial charge in [0.1, 0.15) is 11.9 Å². The largest absolute Gasteiger partial charge is 0.341 e. The summed E-state index contributed by atoms with van der Waals surface area (Å²) in [6.45, 7) is 1.44. The van der Waals surface area contributed by atoms with Gasteiger partial charge in [-0.15, -0.1) is 0 Å². The van der Waals surface area contributed by atoms with Crippen molar-refractivity contribution in [3.05, 3.63) is 69.0 Å². The molecule has 1 heterocycles. The molecule has 0 radical (unpaired) electrons. The van der Waals surface area contributed by atoms with Crippen LogP contribution in [0.5, 0.6) is 0 Å². The first-order valence-corrected chi connectivity index (χ1v) is 9.71. The van der Waals surface area contributed by atoms with Gasteiger partial charge in [0.05, 0.1) is 0 Å². The molecule has 136 valence electrons. The van der Waals surface area contributed by atoms with E-state index >= 15 is 0 Å². The predicted molar refractivity (Wildman–Crippen MR) is 106 cm³/mol. The summed E-state index contributed by atoms with van der Waals surface area (Å²) in [5.74, 6) is -0.955. The van der Waals surface area contributed by atoms with Crippen LogP contribution in [-0.2, 0) is 11.2 Å². The molecule has 4 nitrogen and oxygen atoms in total. The van der Waals surface area contributed by atoms with Crippen LogP contribution in [-0.4, -0.2) is 35.8 Å². The van der Waals surface area contributed by atoms with Gasteiger partial charge >= 0.3 is 0 Å². The molecule has 1 aliphatic rings. The summed E-state index contributed by atoms with van der Waals surface area (Å²) in [5, 5.41) is 2.81. The quantitative estimate of drug-likeness (QED) is 0.688. The lowest BCUT2D eigenvalue weighted by Gasteiger charge is -2.24. The Balaban J connectivity index is 1.78. The molecule has 6 heteroatoms. The van der Waals surface area contributed by atoms with E-state index < -0.39 is 17.8 Å². The Hall–Kier alpha value is -1.96. The zero-order valence-corrected chi connectivity index (χ0v) is 16.4. The molecule has 0 spiro atoms. The Morgan fingerprint density at radius 3 is 2.46 bits per heavy atom. The van der Waals surface area contributed by atoms with Crippen LogP contribution in [0, 0.1) is 9.39 Å². The van der Waals surface area contributed by atoms with Crippen molar-refractivity contribution in [2.75, 3.05) is 13.1 Å². The number of carbonyl (C=O) groups is 2. The van der Waals surface area contributed by atoms with Gasteiger partial charge in [-0.05, 0) is 59.2 Å². The minimum atomic E-state index is -0.662. The van der Waals surface area contributed by atoms with Crippen molar-refractivity contribution in [3.63, 3.8) is 0 Å². The topological polar surface area (TPSA) is 49.4 Å². The third-order valence-corrected chi connectivity index (χ3v) is 5.36. The molecular weight excluding hydrogens is 446 g/mol. The number of amides is 2. The second-order valence-electron chi connectivity index (χ2n) is 6.38. The number of nitrogens with one attached hydrogen (secondary N) is 1. The zero-order valence-electron chi connectivity index (χ0n) is 14.3. The number of hydrogen-bond acceptors (Lipinski definition) is 2. The van der Waals surface area contributed by atoms with Gasteiger partial charge in [0.15, 0.2) is 0 Å². The number of benzene rings is 2. The van der Waals surface area contributed by atoms with E-state index in [1.54, 1.807) is 17.0 Å². The Morgan fingerprint density at radius 1 is 1.12 bits per heavy atom. The van der Waals surface area contributed by atoms with Crippen LogP contribution in [0.3, 0.4) is 0 Å². The van der Waals surface area contributed by atoms with Gasteiger partial charge < -0.3 is 10.2 Å². The maximum Gasteiger partial charge on any atom is 0.252 e. The van der Waals surface area contributed by atoms with Crippen LogP contribution in [0.15, 0.2) is 48.5 Å². The molecule has 26 heavy (non-hydrogen) atoms. The lowest BCUT2D eigenvalue weighted by Crippen LogP contribution is -2.49. The highest BCUT2D eigenvalue weighted by molar-refractivity contribution is 14.1. The Morgan fingerprint density at radius 2 is 1.81 bits per heavy atom. The van der Waals surface area contributed by atoms with Crippen LogP contribution in [0.2, 0.25) is 0 Å². The number of hydrogen-bond donors (Lipinski definition) is 1. The first-order chi connectivity index (χ1) is 12.5. The highest BCUT2D eigenvalue weighted by Gasteiger charge is 2.28. The molecule has 1 atom stereocenters. The van der Waals surface area contributed by atoms with Gasteiger partial charge in [0.25, 0.3) is 5.91 Å². The minimum absolute atomic E-state index is 0.0781. The van der Waals surface area contributed by atoms with E-state index in [0.29, 0.717) is 9.99 Å². The smallest absolute Gasteiger partial charge is 0.252 e. The predicted octanol–water partition coefficient (Wildman–Crippen LogP) is 3.39. The monoisotopic (exact) mass is 466 g/mol. The van der Waals surface area contributed by atoms with Gasteiger partial charge in [0, 0.05) is 28.6 Å². The van der Waals surface area contributed by atoms with Crippen LogP contribution >= 0.6 is 22.6 Å². The average molecular weight is 466 g/mol. The van der Waals surface area contributed by atoms with Crippen LogP contribution < -0.4 is 5.32 Å². The van der Waals surface area contributed by atoms with Crippen molar-refractivity contribution in [1.82, 2.24) is 10.2 Å². The van der Waals surface area contributed by atoms with Crippen LogP contribution in [0.4, 0.5) is 4.39 Å². The molecule has 0 bridgehead atoms. The van der Waals surface area contributed by atoms with Crippen molar-refractivity contribution in [2.24, 2.45) is 0 Å². The van der Waals surface area contributed by atoms with Crippen molar-refractivity contribution in [2.45, 2.75) is 25.3 Å². The summed E-state index contributed by atoms with van der Waals surface area (Å²) in [7, 11) is 0. The van der Waals surface area contributed by atoms with Crippen molar-refractivity contribution in [1.29, 1.82) is 0 Å². The summed E-state index contributed by atoms with van der Waals surface area (Å²) in [6, 6.07) is 13.3. The fraction of sp³-hybridized carbons (Fsp3) is 0.300. The summed E-state index contributed by atoms with van der Waals surface area (Å²) in [5.41, 5.74) is 1.19. The first-order valence-electron chi connectivity index (χ1n) is 8.63. The highest BCUT2D eigenvalue weighted by atomic mass is 127. The number of likely N-dealkylation sites (tertiary alicyclic amines) is 1. The third kappa shape index (κ3) is 4.60. The average Bonchev–Trinajstić information content (AvgIpc) is 3.18. The van der Waals surface area contributed by atoms with Crippen LogP contribution in [0.1, 0.15) is 28.8 Å². The molecule has 2 aromatic rings. The molecule has 0 aliphatic carbocycles. The number of carbonyl (C=O) groups excluding carboxylic acids is 2. The highest BCUT2D eigenvalue weighted by Crippen LogP contribution is 2.15. The van der Waals surface area contributed by atoms with Gasteiger partial charge in [-0.1, -0.05) is 30.3 Å². The van der Waals surface area contributed by atoms with Gasteiger partial charge in [-0.25, -0.2) is 4.39 Å². The molecule has 0 aromatic heterocycles. The summed E-state index contributed by atoms with van der Waals surface area (Å²) in [4.78, 5) is 27.2. The molecule has 0 saturated carbocycles. The van der Waals surface area contributed by atoms with E-state index in [4.69, 9.17) is 0 Å². The van der Waals surface area contributed by atoms with E-state index in [1.165, 1.54) is 6.07 Å². The molecule has 1 N–H and O–H groups in total. The van der Waals surface area contributed by atoms with E-state index in [9.17, 15) is 14.0 Å². The lowest BCUT2D eigenvalue weighted by atomic mass is 10.0. The van der Waals surface area contributed by atoms with Crippen molar-refractivity contribution >= 4 is 34.4 Å². The Labute approximate surface area is 165 Å². The normalized spacial score (nSPS) is 14.9. The molecule has 1 unspecified atom stereocenters. The second-order valence-corrected chi connectivity index (χ2v) is 7.54. The molecule has 1 aliphatic heterocycles. The van der Waals surface area contributed by atoms with E-state index in [0.717, 1.165) is 31.5 Å². The molecule has 3 rings (SSSR count). The van der Waals surface area contributed by atoms with E-state index in [1.807, 2.05) is 52.9 Å². The van der Waals surface area contributed by atoms with E-state index in [-0.39, 0.29) is 11.5 Å². The van der Waals surface area contributed by atoms with Gasteiger partial charge in [-0.2, -0.15) is 0 Å². The SMILES string of the molecule is O=C(NC(Cc1ccccc1)C(=O)N1CCCC1)c1ccc(I)c(F)c1. The first kappa shape index (κ1) is 18.8. The molecular formula is C20H20FIN2O2. The number of halogens is 2. The van der Waals surface area contributed by atoms with Crippen LogP contribution in [0.25, 0.3) is 0 Å². The fourth-order valence-electron chi connectivity index (χ4n) is 3.09. The maximum absolute atomic E-state index is 13.8. The van der Waals surface area contributed by atoms with E-state index in [2.05, 4.69) is 5.32 Å². The summed E-state index contributed by atoms with van der Waals surface area (Å²) < 4.78 is 14.2. The minimum Gasteiger partial charge on any atom is -0.341 e. The van der Waals surface area contributed by atoms with Gasteiger partial charge in [-0.3, -0.25) is 9.59 Å². The summed E-state index contributed by atoms with van der Waals surface area (Å²) in [6.07, 6.45) is 2.38. The molecule has 2 aromatic carbocycles. The van der Waals surface area contributed by atoms with Crippen molar-refractivity contribution < 1.29 is 14.0 Å².